The number of aliphatic hydroxyl groups excluding tert-OH is 1. The van der Waals surface area contributed by atoms with Gasteiger partial charge in [-0.3, -0.25) is 0 Å². The van der Waals surface area contributed by atoms with E-state index in [1.807, 2.05) is 0 Å². The summed E-state index contributed by atoms with van der Waals surface area (Å²) in [6.07, 6.45) is 6.07. The van der Waals surface area contributed by atoms with Gasteiger partial charge in [0, 0.05) is 24.2 Å². The van der Waals surface area contributed by atoms with E-state index in [4.69, 9.17) is 0 Å². The van der Waals surface area contributed by atoms with Gasteiger partial charge in [0.2, 0.25) is 0 Å². The fourth-order valence-electron chi connectivity index (χ4n) is 3.59. The van der Waals surface area contributed by atoms with Gasteiger partial charge in [-0.05, 0) is 48.8 Å². The molecular weight excluding hydrogens is 210 g/mol. The molecule has 2 heteroatoms. The number of rotatable bonds is 2. The van der Waals surface area contributed by atoms with E-state index in [-0.39, 0.29) is 5.41 Å². The molecule has 1 aromatic rings. The third-order valence-corrected chi connectivity index (χ3v) is 4.88. The van der Waals surface area contributed by atoms with Gasteiger partial charge in [-0.15, -0.1) is 0 Å². The molecule has 1 aliphatic carbocycles. The number of hydrogen-bond acceptors (Lipinski definition) is 2. The number of anilines is 1. The van der Waals surface area contributed by atoms with Crippen LogP contribution in [0.5, 0.6) is 0 Å². The first-order chi connectivity index (χ1) is 8.32. The Balaban J connectivity index is 1.85. The second-order valence-electron chi connectivity index (χ2n) is 5.92. The van der Waals surface area contributed by atoms with Crippen molar-refractivity contribution in [2.45, 2.75) is 37.5 Å². The highest BCUT2D eigenvalue weighted by Crippen LogP contribution is 2.50. The Morgan fingerprint density at radius 1 is 1.12 bits per heavy atom. The Hall–Kier alpha value is -1.02. The molecule has 2 heterocycles. The van der Waals surface area contributed by atoms with Crippen molar-refractivity contribution in [3.05, 3.63) is 28.8 Å². The zero-order valence-corrected chi connectivity index (χ0v) is 10.2. The van der Waals surface area contributed by atoms with Gasteiger partial charge in [-0.2, -0.15) is 0 Å². The van der Waals surface area contributed by atoms with Gasteiger partial charge in [0.1, 0.15) is 0 Å². The number of aliphatic hydroxyl groups is 1. The molecule has 17 heavy (non-hydrogen) atoms. The van der Waals surface area contributed by atoms with Crippen LogP contribution >= 0.6 is 0 Å². The van der Waals surface area contributed by atoms with Crippen molar-refractivity contribution in [1.29, 1.82) is 0 Å². The zero-order chi connectivity index (χ0) is 11.5. The van der Waals surface area contributed by atoms with Crippen LogP contribution in [-0.2, 0) is 18.3 Å². The smallest absolute Gasteiger partial charge is 0.0527 e. The van der Waals surface area contributed by atoms with Crippen molar-refractivity contribution >= 4 is 5.69 Å². The van der Waals surface area contributed by atoms with E-state index in [2.05, 4.69) is 17.0 Å². The highest BCUT2D eigenvalue weighted by atomic mass is 16.3. The molecule has 2 nitrogen and oxygen atoms in total. The molecule has 0 atom stereocenters. The molecule has 1 N–H and O–H groups in total. The Morgan fingerprint density at radius 3 is 2.59 bits per heavy atom. The summed E-state index contributed by atoms with van der Waals surface area (Å²) < 4.78 is 0. The van der Waals surface area contributed by atoms with Crippen molar-refractivity contribution in [2.24, 2.45) is 0 Å². The lowest BCUT2D eigenvalue weighted by Crippen LogP contribution is -2.26. The van der Waals surface area contributed by atoms with Crippen molar-refractivity contribution in [1.82, 2.24) is 0 Å². The quantitative estimate of drug-likeness (QED) is 0.838. The SMILES string of the molecule is OCC1(c2cc3c4c(c2)CCN4CCC3)CC1. The molecule has 0 saturated heterocycles. The molecule has 0 spiro atoms. The number of aryl methyl sites for hydroxylation is 1. The standard InChI is InChI=1S/C15H19NO/c17-10-15(4-5-15)13-8-11-2-1-6-16-7-3-12(9-13)14(11)16/h8-9,17H,1-7,10H2. The van der Waals surface area contributed by atoms with Crippen LogP contribution in [0, 0.1) is 0 Å². The average molecular weight is 229 g/mol. The minimum atomic E-state index is 0.135. The summed E-state index contributed by atoms with van der Waals surface area (Å²) in [6.45, 7) is 2.78. The van der Waals surface area contributed by atoms with Crippen LogP contribution in [0.2, 0.25) is 0 Å². The van der Waals surface area contributed by atoms with Crippen molar-refractivity contribution in [3.63, 3.8) is 0 Å². The summed E-state index contributed by atoms with van der Waals surface area (Å²) in [4.78, 5) is 2.55. The summed E-state index contributed by atoms with van der Waals surface area (Å²) in [5.41, 5.74) is 6.17. The average Bonchev–Trinajstić information content (AvgIpc) is 3.07. The van der Waals surface area contributed by atoms with Gasteiger partial charge < -0.3 is 10.0 Å². The zero-order valence-electron chi connectivity index (χ0n) is 10.2. The summed E-state index contributed by atoms with van der Waals surface area (Å²) in [7, 11) is 0. The van der Waals surface area contributed by atoms with Crippen molar-refractivity contribution in [2.75, 3.05) is 24.6 Å². The molecule has 0 radical (unpaired) electrons. The minimum Gasteiger partial charge on any atom is -0.395 e. The van der Waals surface area contributed by atoms with Crippen LogP contribution in [0.15, 0.2) is 12.1 Å². The molecule has 3 aliphatic rings. The van der Waals surface area contributed by atoms with E-state index in [1.54, 1.807) is 5.56 Å². The molecule has 1 fully saturated rings. The van der Waals surface area contributed by atoms with Gasteiger partial charge in [0.05, 0.1) is 6.61 Å². The predicted molar refractivity (Wildman–Crippen MR) is 68.7 cm³/mol. The second kappa shape index (κ2) is 3.26. The Morgan fingerprint density at radius 2 is 1.88 bits per heavy atom. The van der Waals surface area contributed by atoms with Gasteiger partial charge >= 0.3 is 0 Å². The monoisotopic (exact) mass is 229 g/mol. The van der Waals surface area contributed by atoms with Crippen molar-refractivity contribution in [3.8, 4) is 0 Å². The lowest BCUT2D eigenvalue weighted by Gasteiger charge is -2.28. The third-order valence-electron chi connectivity index (χ3n) is 4.88. The Bertz CT molecular complexity index is 476. The molecular formula is C15H19NO. The number of hydrogen-bond donors (Lipinski definition) is 1. The van der Waals surface area contributed by atoms with Crippen LogP contribution in [0.1, 0.15) is 36.0 Å². The minimum absolute atomic E-state index is 0.135. The summed E-state index contributed by atoms with van der Waals surface area (Å²) in [6, 6.07) is 4.77. The fourth-order valence-corrected chi connectivity index (χ4v) is 3.59. The summed E-state index contributed by atoms with van der Waals surface area (Å²) in [5.74, 6) is 0. The number of benzene rings is 1. The second-order valence-corrected chi connectivity index (χ2v) is 5.92. The molecule has 0 aromatic heterocycles. The maximum absolute atomic E-state index is 9.58. The van der Waals surface area contributed by atoms with E-state index < -0.39 is 0 Å². The first-order valence-corrected chi connectivity index (χ1v) is 6.84. The maximum atomic E-state index is 9.58. The lowest BCUT2D eigenvalue weighted by atomic mass is 9.89. The molecule has 1 saturated carbocycles. The van der Waals surface area contributed by atoms with E-state index in [0.717, 1.165) is 0 Å². The van der Waals surface area contributed by atoms with Crippen LogP contribution < -0.4 is 4.90 Å². The lowest BCUT2D eigenvalue weighted by molar-refractivity contribution is 0.255. The molecule has 4 rings (SSSR count). The first kappa shape index (κ1) is 9.95. The fraction of sp³-hybridized carbons (Fsp3) is 0.600. The molecule has 0 unspecified atom stereocenters. The van der Waals surface area contributed by atoms with E-state index in [1.165, 1.54) is 62.0 Å². The molecule has 2 aliphatic heterocycles. The molecule has 1 aromatic carbocycles. The summed E-state index contributed by atoms with van der Waals surface area (Å²) >= 11 is 0. The first-order valence-electron chi connectivity index (χ1n) is 6.84. The molecule has 90 valence electrons. The Labute approximate surface area is 102 Å². The van der Waals surface area contributed by atoms with Gasteiger partial charge in [0.15, 0.2) is 0 Å². The highest BCUT2D eigenvalue weighted by molar-refractivity contribution is 5.66. The van der Waals surface area contributed by atoms with Crippen LogP contribution in [0.25, 0.3) is 0 Å². The summed E-state index contributed by atoms with van der Waals surface area (Å²) in [5, 5.41) is 9.58. The van der Waals surface area contributed by atoms with E-state index >= 15 is 0 Å². The topological polar surface area (TPSA) is 23.5 Å². The normalized spacial score (nSPS) is 23.7. The van der Waals surface area contributed by atoms with Gasteiger partial charge in [-0.25, -0.2) is 0 Å². The third kappa shape index (κ3) is 1.30. The highest BCUT2D eigenvalue weighted by Gasteiger charge is 2.44. The van der Waals surface area contributed by atoms with E-state index in [9.17, 15) is 5.11 Å². The largest absolute Gasteiger partial charge is 0.395 e. The van der Waals surface area contributed by atoms with Crippen LogP contribution in [-0.4, -0.2) is 24.8 Å². The predicted octanol–water partition coefficient (Wildman–Crippen LogP) is 2.02. The Kier molecular flexibility index (Phi) is 1.91. The van der Waals surface area contributed by atoms with Gasteiger partial charge in [-0.1, -0.05) is 12.1 Å². The van der Waals surface area contributed by atoms with Crippen LogP contribution in [0.3, 0.4) is 0 Å². The van der Waals surface area contributed by atoms with E-state index in [0.29, 0.717) is 6.61 Å². The molecule has 0 bridgehead atoms. The molecule has 0 amide bonds. The number of nitrogens with zero attached hydrogens (tertiary/aromatic N) is 1. The van der Waals surface area contributed by atoms with Crippen LogP contribution in [0.4, 0.5) is 5.69 Å². The van der Waals surface area contributed by atoms with Crippen molar-refractivity contribution < 1.29 is 5.11 Å². The van der Waals surface area contributed by atoms with Gasteiger partial charge in [0.25, 0.3) is 0 Å². The maximum Gasteiger partial charge on any atom is 0.0527 e.